The van der Waals surface area contributed by atoms with Crippen molar-refractivity contribution in [3.8, 4) is 5.75 Å². The van der Waals surface area contributed by atoms with Crippen LogP contribution in [0.25, 0.3) is 0 Å². The third kappa shape index (κ3) is 2.60. The van der Waals surface area contributed by atoms with Crippen LogP contribution in [0.4, 0.5) is 0 Å². The summed E-state index contributed by atoms with van der Waals surface area (Å²) in [5, 5.41) is 8.65. The largest absolute Gasteiger partial charge is 0.497 e. The number of nitrogens with two attached hydrogens (primary N) is 1. The van der Waals surface area contributed by atoms with Crippen LogP contribution in [0.3, 0.4) is 0 Å². The number of methoxy groups -OCH3 is 1. The van der Waals surface area contributed by atoms with Gasteiger partial charge in [0.25, 0.3) is 0 Å². The van der Waals surface area contributed by atoms with Crippen LogP contribution in [-0.4, -0.2) is 38.4 Å². The average molecular weight is 361 g/mol. The molecule has 7 heteroatoms. The molecule has 3 N–H and O–H groups in total. The van der Waals surface area contributed by atoms with Crippen LogP contribution in [0.5, 0.6) is 5.75 Å². The maximum atomic E-state index is 13.0. The number of benzene rings is 2. The minimum atomic E-state index is -3.84. The van der Waals surface area contributed by atoms with Gasteiger partial charge in [0, 0.05) is 12.5 Å². The van der Waals surface area contributed by atoms with Crippen molar-refractivity contribution in [1.82, 2.24) is 0 Å². The van der Waals surface area contributed by atoms with Crippen LogP contribution >= 0.6 is 0 Å². The highest BCUT2D eigenvalue weighted by atomic mass is 32.2. The fourth-order valence-corrected chi connectivity index (χ4v) is 5.89. The summed E-state index contributed by atoms with van der Waals surface area (Å²) in [5.74, 6) is -1.29. The van der Waals surface area contributed by atoms with Crippen molar-refractivity contribution >= 4 is 15.8 Å². The molecule has 0 spiro atoms. The maximum absolute atomic E-state index is 13.0. The first-order chi connectivity index (χ1) is 11.9. The molecule has 6 nitrogen and oxygen atoms in total. The zero-order chi connectivity index (χ0) is 18.2. The van der Waals surface area contributed by atoms with E-state index in [0.29, 0.717) is 11.3 Å². The number of hydrogen-bond donors (Lipinski definition) is 2. The average Bonchev–Trinajstić information content (AvgIpc) is 3.34. The van der Waals surface area contributed by atoms with Crippen molar-refractivity contribution in [2.24, 2.45) is 11.1 Å². The van der Waals surface area contributed by atoms with Gasteiger partial charge in [-0.05, 0) is 29.8 Å². The van der Waals surface area contributed by atoms with Crippen molar-refractivity contribution in [3.05, 3.63) is 60.2 Å². The third-order valence-electron chi connectivity index (χ3n) is 4.87. The number of aliphatic carboxylic acids is 1. The summed E-state index contributed by atoms with van der Waals surface area (Å²) in [7, 11) is -2.31. The fraction of sp³-hybridized carbons (Fsp3) is 0.278. The number of rotatable bonds is 6. The summed E-state index contributed by atoms with van der Waals surface area (Å²) in [4.78, 5) is 12.0. The lowest BCUT2D eigenvalue weighted by Crippen LogP contribution is -2.31. The first-order valence-corrected chi connectivity index (χ1v) is 9.30. The number of carboxylic acid groups (broad SMARTS) is 1. The minimum absolute atomic E-state index is 0.107. The van der Waals surface area contributed by atoms with Crippen molar-refractivity contribution in [1.29, 1.82) is 0 Å². The Balaban J connectivity index is 2.08. The first kappa shape index (κ1) is 17.4. The van der Waals surface area contributed by atoms with E-state index >= 15 is 0 Å². The Bertz CT molecular complexity index is 879. The molecule has 0 aliphatic heterocycles. The molecule has 1 aliphatic carbocycles. The van der Waals surface area contributed by atoms with Crippen LogP contribution in [-0.2, 0) is 14.6 Å². The van der Waals surface area contributed by atoms with Crippen molar-refractivity contribution in [2.75, 3.05) is 13.7 Å². The second-order valence-corrected chi connectivity index (χ2v) is 8.15. The molecule has 2 aromatic rings. The molecule has 25 heavy (non-hydrogen) atoms. The van der Waals surface area contributed by atoms with Gasteiger partial charge in [0.2, 0.25) is 0 Å². The summed E-state index contributed by atoms with van der Waals surface area (Å²) >= 11 is 0. The number of carboxylic acids is 1. The Morgan fingerprint density at radius 2 is 1.76 bits per heavy atom. The van der Waals surface area contributed by atoms with E-state index in [1.807, 2.05) is 0 Å². The number of hydrogen-bond acceptors (Lipinski definition) is 5. The van der Waals surface area contributed by atoms with Gasteiger partial charge in [0.05, 0.1) is 17.3 Å². The molecule has 0 radical (unpaired) electrons. The van der Waals surface area contributed by atoms with Gasteiger partial charge in [-0.1, -0.05) is 30.3 Å². The van der Waals surface area contributed by atoms with Gasteiger partial charge in [-0.3, -0.25) is 4.79 Å². The molecule has 2 aromatic carbocycles. The first-order valence-electron chi connectivity index (χ1n) is 7.76. The molecule has 0 heterocycles. The molecule has 3 rings (SSSR count). The van der Waals surface area contributed by atoms with Gasteiger partial charge < -0.3 is 15.6 Å². The monoisotopic (exact) mass is 361 g/mol. The van der Waals surface area contributed by atoms with E-state index in [9.17, 15) is 18.3 Å². The summed E-state index contributed by atoms with van der Waals surface area (Å²) in [6, 6.07) is 14.6. The topological polar surface area (TPSA) is 107 Å². The van der Waals surface area contributed by atoms with Gasteiger partial charge in [-0.15, -0.1) is 0 Å². The van der Waals surface area contributed by atoms with Crippen LogP contribution in [0, 0.1) is 5.41 Å². The fourth-order valence-electron chi connectivity index (χ4n) is 3.49. The lowest BCUT2D eigenvalue weighted by atomic mass is 9.99. The second-order valence-electron chi connectivity index (χ2n) is 6.08. The lowest BCUT2D eigenvalue weighted by molar-refractivity contribution is -0.143. The predicted octanol–water partition coefficient (Wildman–Crippen LogP) is 1.66. The molecule has 1 fully saturated rings. The summed E-state index contributed by atoms with van der Waals surface area (Å²) in [6.45, 7) is -0.254. The second kappa shape index (κ2) is 6.16. The number of carbonyl (C=O) groups is 1. The van der Waals surface area contributed by atoms with Crippen molar-refractivity contribution < 1.29 is 23.1 Å². The predicted molar refractivity (Wildman–Crippen MR) is 92.3 cm³/mol. The maximum Gasteiger partial charge on any atom is 0.312 e. The van der Waals surface area contributed by atoms with Gasteiger partial charge in [0.1, 0.15) is 11.2 Å². The van der Waals surface area contributed by atoms with Crippen LogP contribution in [0.15, 0.2) is 59.5 Å². The normalized spacial score (nSPS) is 25.4. The molecular formula is C18H19NO5S. The van der Waals surface area contributed by atoms with Gasteiger partial charge in [0.15, 0.2) is 9.84 Å². The minimum Gasteiger partial charge on any atom is -0.497 e. The number of ether oxygens (including phenoxy) is 1. The highest BCUT2D eigenvalue weighted by molar-refractivity contribution is 7.92. The van der Waals surface area contributed by atoms with Gasteiger partial charge in [-0.2, -0.15) is 0 Å². The Hall–Kier alpha value is -2.38. The Morgan fingerprint density at radius 1 is 1.16 bits per heavy atom. The Labute approximate surface area is 146 Å². The molecule has 3 atom stereocenters. The molecule has 132 valence electrons. The van der Waals surface area contributed by atoms with Crippen LogP contribution in [0.1, 0.15) is 11.5 Å². The molecule has 0 amide bonds. The molecular weight excluding hydrogens is 342 g/mol. The van der Waals surface area contributed by atoms with E-state index in [-0.39, 0.29) is 11.4 Å². The van der Waals surface area contributed by atoms with Gasteiger partial charge >= 0.3 is 5.97 Å². The van der Waals surface area contributed by atoms with E-state index in [4.69, 9.17) is 10.5 Å². The SMILES string of the molecule is COc1ccc([C@@H]2[C@@H](S(=O)(=O)c3ccccc3)[C@]2(CN)C(=O)O)cc1. The lowest BCUT2D eigenvalue weighted by Gasteiger charge is -2.10. The zero-order valence-electron chi connectivity index (χ0n) is 13.6. The third-order valence-corrected chi connectivity index (χ3v) is 7.16. The van der Waals surface area contributed by atoms with E-state index in [1.165, 1.54) is 19.2 Å². The standard InChI is InChI=1S/C18H19NO5S/c1-24-13-9-7-12(8-10-13)15-16(18(15,11-19)17(20)21)25(22,23)14-5-3-2-4-6-14/h2-10,15-16H,11,19H2,1H3,(H,20,21)/t15-,16-,18-/m1/s1. The van der Waals surface area contributed by atoms with E-state index in [2.05, 4.69) is 0 Å². The van der Waals surface area contributed by atoms with E-state index in [0.717, 1.165) is 0 Å². The summed E-state index contributed by atoms with van der Waals surface area (Å²) in [6.07, 6.45) is 0. The molecule has 0 unspecified atom stereocenters. The molecule has 1 aliphatic rings. The summed E-state index contributed by atoms with van der Waals surface area (Å²) < 4.78 is 31.2. The zero-order valence-corrected chi connectivity index (χ0v) is 14.4. The highest BCUT2D eigenvalue weighted by Gasteiger charge is 2.75. The molecule has 0 bridgehead atoms. The molecule has 1 saturated carbocycles. The van der Waals surface area contributed by atoms with Crippen molar-refractivity contribution in [2.45, 2.75) is 16.1 Å². The van der Waals surface area contributed by atoms with E-state index < -0.39 is 32.4 Å². The Morgan fingerprint density at radius 3 is 2.24 bits per heavy atom. The van der Waals surface area contributed by atoms with E-state index in [1.54, 1.807) is 42.5 Å². The smallest absolute Gasteiger partial charge is 0.312 e. The quantitative estimate of drug-likeness (QED) is 0.810. The summed E-state index contributed by atoms with van der Waals surface area (Å²) in [5.41, 5.74) is 4.85. The van der Waals surface area contributed by atoms with Crippen LogP contribution < -0.4 is 10.5 Å². The molecule has 0 aromatic heterocycles. The number of sulfone groups is 1. The Kier molecular flexibility index (Phi) is 4.30. The van der Waals surface area contributed by atoms with Crippen molar-refractivity contribution in [3.63, 3.8) is 0 Å². The highest BCUT2D eigenvalue weighted by Crippen LogP contribution is 2.63. The van der Waals surface area contributed by atoms with Gasteiger partial charge in [-0.25, -0.2) is 8.42 Å². The van der Waals surface area contributed by atoms with Crippen LogP contribution in [0.2, 0.25) is 0 Å². The molecule has 0 saturated heterocycles.